The van der Waals surface area contributed by atoms with Gasteiger partial charge in [0.05, 0.1) is 7.11 Å². The summed E-state index contributed by atoms with van der Waals surface area (Å²) in [6.07, 6.45) is 1.91. The van der Waals surface area contributed by atoms with Crippen molar-refractivity contribution < 1.29 is 19.1 Å². The Morgan fingerprint density at radius 2 is 1.89 bits per heavy atom. The van der Waals surface area contributed by atoms with E-state index in [0.717, 1.165) is 6.42 Å². The second-order valence-electron chi connectivity index (χ2n) is 3.78. The highest BCUT2D eigenvalue weighted by Crippen LogP contribution is 2.02. The lowest BCUT2D eigenvalue weighted by atomic mass is 10.1. The summed E-state index contributed by atoms with van der Waals surface area (Å²) < 4.78 is 4.60. The molecule has 104 valence electrons. The second-order valence-corrected chi connectivity index (χ2v) is 3.78. The zero-order valence-corrected chi connectivity index (χ0v) is 11.0. The van der Waals surface area contributed by atoms with Crippen molar-refractivity contribution in [2.45, 2.75) is 32.2 Å². The smallest absolute Gasteiger partial charge is 0.328 e. The Morgan fingerprint density at radius 1 is 1.22 bits per heavy atom. The topological polar surface area (TPSA) is 96.5 Å². The lowest BCUT2D eigenvalue weighted by Gasteiger charge is -2.16. The van der Waals surface area contributed by atoms with E-state index in [1.807, 2.05) is 0 Å². The summed E-state index contributed by atoms with van der Waals surface area (Å²) in [6.45, 7) is 2.01. The molecule has 3 amide bonds. The van der Waals surface area contributed by atoms with E-state index in [-0.39, 0.29) is 5.91 Å². The van der Waals surface area contributed by atoms with E-state index in [0.29, 0.717) is 19.4 Å². The van der Waals surface area contributed by atoms with Crippen LogP contribution in [0.2, 0.25) is 0 Å². The molecule has 0 aromatic heterocycles. The standard InChI is InChI=1S/C11H21N3O4/c1-8(15)13-7-5-4-6-9(10(16)18-3)14-11(17)12-2/h9H,4-7H2,1-3H3,(H,13,15)(H2,12,14,17). The molecule has 7 heteroatoms. The average molecular weight is 259 g/mol. The Morgan fingerprint density at radius 3 is 2.39 bits per heavy atom. The maximum absolute atomic E-state index is 11.4. The molecule has 0 rings (SSSR count). The highest BCUT2D eigenvalue weighted by Gasteiger charge is 2.20. The van der Waals surface area contributed by atoms with Crippen molar-refractivity contribution >= 4 is 17.9 Å². The van der Waals surface area contributed by atoms with Gasteiger partial charge in [-0.05, 0) is 19.3 Å². The Kier molecular flexibility index (Phi) is 8.34. The molecule has 3 N–H and O–H groups in total. The highest BCUT2D eigenvalue weighted by molar-refractivity contribution is 5.83. The number of rotatable bonds is 7. The Labute approximate surface area is 107 Å². The number of unbranched alkanes of at least 4 members (excludes halogenated alkanes) is 1. The number of carbonyl (C=O) groups excluding carboxylic acids is 3. The van der Waals surface area contributed by atoms with Gasteiger partial charge in [-0.1, -0.05) is 0 Å². The van der Waals surface area contributed by atoms with Crippen LogP contribution >= 0.6 is 0 Å². The Hall–Kier alpha value is -1.79. The van der Waals surface area contributed by atoms with Crippen LogP contribution in [-0.2, 0) is 14.3 Å². The van der Waals surface area contributed by atoms with E-state index in [4.69, 9.17) is 0 Å². The normalized spacial score (nSPS) is 11.3. The van der Waals surface area contributed by atoms with Crippen molar-refractivity contribution in [3.05, 3.63) is 0 Å². The number of methoxy groups -OCH3 is 1. The zero-order valence-electron chi connectivity index (χ0n) is 11.0. The van der Waals surface area contributed by atoms with Gasteiger partial charge in [-0.2, -0.15) is 0 Å². The minimum absolute atomic E-state index is 0.0806. The van der Waals surface area contributed by atoms with Gasteiger partial charge in [0.25, 0.3) is 0 Å². The summed E-state index contributed by atoms with van der Waals surface area (Å²) in [7, 11) is 2.75. The SMILES string of the molecule is CNC(=O)NC(CCCCNC(C)=O)C(=O)OC. The lowest BCUT2D eigenvalue weighted by molar-refractivity contribution is -0.143. The Balaban J connectivity index is 3.97. The van der Waals surface area contributed by atoms with Gasteiger partial charge in [-0.15, -0.1) is 0 Å². The van der Waals surface area contributed by atoms with Crippen LogP contribution in [0.15, 0.2) is 0 Å². The molecular formula is C11H21N3O4. The molecule has 1 unspecified atom stereocenters. The molecule has 0 aliphatic heterocycles. The van der Waals surface area contributed by atoms with Crippen molar-refractivity contribution in [2.24, 2.45) is 0 Å². The Bertz CT molecular complexity index is 294. The fourth-order valence-corrected chi connectivity index (χ4v) is 1.36. The molecule has 0 radical (unpaired) electrons. The van der Waals surface area contributed by atoms with Crippen molar-refractivity contribution in [1.29, 1.82) is 0 Å². The summed E-state index contributed by atoms with van der Waals surface area (Å²) in [4.78, 5) is 33.2. The van der Waals surface area contributed by atoms with Crippen LogP contribution < -0.4 is 16.0 Å². The molecule has 0 bridgehead atoms. The van der Waals surface area contributed by atoms with Gasteiger partial charge in [-0.3, -0.25) is 4.79 Å². The molecule has 0 saturated heterocycles. The maximum atomic E-state index is 11.4. The monoisotopic (exact) mass is 259 g/mol. The lowest BCUT2D eigenvalue weighted by Crippen LogP contribution is -2.45. The number of hydrogen-bond donors (Lipinski definition) is 3. The number of nitrogens with one attached hydrogen (secondary N) is 3. The fourth-order valence-electron chi connectivity index (χ4n) is 1.36. The van der Waals surface area contributed by atoms with Gasteiger partial charge in [0, 0.05) is 20.5 Å². The first-order valence-corrected chi connectivity index (χ1v) is 5.81. The van der Waals surface area contributed by atoms with Gasteiger partial charge in [0.1, 0.15) is 6.04 Å². The quantitative estimate of drug-likeness (QED) is 0.434. The van der Waals surface area contributed by atoms with Crippen LogP contribution in [0, 0.1) is 0 Å². The van der Waals surface area contributed by atoms with E-state index in [1.165, 1.54) is 21.1 Å². The van der Waals surface area contributed by atoms with Gasteiger partial charge in [0.15, 0.2) is 0 Å². The third-order valence-corrected chi connectivity index (χ3v) is 2.31. The largest absolute Gasteiger partial charge is 0.467 e. The predicted molar refractivity (Wildman–Crippen MR) is 65.9 cm³/mol. The zero-order chi connectivity index (χ0) is 14.0. The molecule has 0 aromatic carbocycles. The summed E-state index contributed by atoms with van der Waals surface area (Å²) in [5.41, 5.74) is 0. The van der Waals surface area contributed by atoms with Crippen LogP contribution in [0.3, 0.4) is 0 Å². The second kappa shape index (κ2) is 9.26. The summed E-state index contributed by atoms with van der Waals surface area (Å²) >= 11 is 0. The van der Waals surface area contributed by atoms with Gasteiger partial charge >= 0.3 is 12.0 Å². The highest BCUT2D eigenvalue weighted by atomic mass is 16.5. The van der Waals surface area contributed by atoms with E-state index < -0.39 is 18.0 Å². The van der Waals surface area contributed by atoms with Crippen molar-refractivity contribution in [3.8, 4) is 0 Å². The van der Waals surface area contributed by atoms with Crippen LogP contribution in [0.25, 0.3) is 0 Å². The van der Waals surface area contributed by atoms with Crippen molar-refractivity contribution in [3.63, 3.8) is 0 Å². The van der Waals surface area contributed by atoms with E-state index in [9.17, 15) is 14.4 Å². The van der Waals surface area contributed by atoms with E-state index >= 15 is 0 Å². The first-order valence-electron chi connectivity index (χ1n) is 5.81. The summed E-state index contributed by atoms with van der Waals surface area (Å²) in [5, 5.41) is 7.54. The van der Waals surface area contributed by atoms with E-state index in [1.54, 1.807) is 0 Å². The number of esters is 1. The number of ether oxygens (including phenoxy) is 1. The number of amides is 3. The molecule has 0 aliphatic carbocycles. The first kappa shape index (κ1) is 16.2. The maximum Gasteiger partial charge on any atom is 0.328 e. The molecule has 0 heterocycles. The van der Waals surface area contributed by atoms with Crippen LogP contribution in [0.1, 0.15) is 26.2 Å². The van der Waals surface area contributed by atoms with Crippen LogP contribution in [0.5, 0.6) is 0 Å². The van der Waals surface area contributed by atoms with Gasteiger partial charge in [-0.25, -0.2) is 9.59 Å². The van der Waals surface area contributed by atoms with Crippen LogP contribution in [-0.4, -0.2) is 44.7 Å². The first-order chi connectivity index (χ1) is 8.51. The molecule has 18 heavy (non-hydrogen) atoms. The van der Waals surface area contributed by atoms with Crippen molar-refractivity contribution in [1.82, 2.24) is 16.0 Å². The fraction of sp³-hybridized carbons (Fsp3) is 0.727. The predicted octanol–water partition coefficient (Wildman–Crippen LogP) is -0.237. The average Bonchev–Trinajstić information content (AvgIpc) is 2.35. The minimum Gasteiger partial charge on any atom is -0.467 e. The van der Waals surface area contributed by atoms with Crippen molar-refractivity contribution in [2.75, 3.05) is 20.7 Å². The third-order valence-electron chi connectivity index (χ3n) is 2.31. The van der Waals surface area contributed by atoms with Crippen LogP contribution in [0.4, 0.5) is 4.79 Å². The third kappa shape index (κ3) is 7.48. The number of hydrogen-bond acceptors (Lipinski definition) is 4. The van der Waals surface area contributed by atoms with Gasteiger partial charge in [0.2, 0.25) is 5.91 Å². The van der Waals surface area contributed by atoms with Gasteiger partial charge < -0.3 is 20.7 Å². The minimum atomic E-state index is -0.660. The van der Waals surface area contributed by atoms with E-state index in [2.05, 4.69) is 20.7 Å². The molecule has 0 aromatic rings. The summed E-state index contributed by atoms with van der Waals surface area (Å²) in [6, 6.07) is -1.08. The molecule has 1 atom stereocenters. The molecule has 0 saturated carbocycles. The molecule has 0 aliphatic rings. The molecular weight excluding hydrogens is 238 g/mol. The number of carbonyl (C=O) groups is 3. The summed E-state index contributed by atoms with van der Waals surface area (Å²) in [5.74, 6) is -0.555. The molecule has 0 fully saturated rings. The number of urea groups is 1. The molecule has 0 spiro atoms. The molecule has 7 nitrogen and oxygen atoms in total.